The fourth-order valence-corrected chi connectivity index (χ4v) is 2.02. The minimum Gasteiger partial charge on any atom is -0.481 e. The lowest BCUT2D eigenvalue weighted by Gasteiger charge is -2.07. The second-order valence-electron chi connectivity index (χ2n) is 4.61. The van der Waals surface area contributed by atoms with Gasteiger partial charge in [-0.25, -0.2) is 4.98 Å². The van der Waals surface area contributed by atoms with Crippen molar-refractivity contribution < 1.29 is 4.74 Å². The van der Waals surface area contributed by atoms with E-state index in [0.29, 0.717) is 5.88 Å². The predicted octanol–water partition coefficient (Wildman–Crippen LogP) is 3.09. The Labute approximate surface area is 123 Å². The molecule has 0 amide bonds. The molecule has 0 unspecified atom stereocenters. The first-order valence-corrected chi connectivity index (χ1v) is 6.68. The van der Waals surface area contributed by atoms with Crippen LogP contribution in [0, 0.1) is 0 Å². The van der Waals surface area contributed by atoms with Crippen molar-refractivity contribution in [2.75, 3.05) is 12.4 Å². The van der Waals surface area contributed by atoms with Gasteiger partial charge in [-0.2, -0.15) is 5.10 Å². The lowest BCUT2D eigenvalue weighted by molar-refractivity contribution is 0.397. The van der Waals surface area contributed by atoms with Gasteiger partial charge in [-0.3, -0.25) is 5.10 Å². The Kier molecular flexibility index (Phi) is 3.82. The van der Waals surface area contributed by atoms with Gasteiger partial charge in [0.15, 0.2) is 0 Å². The molecule has 3 rings (SSSR count). The van der Waals surface area contributed by atoms with Crippen LogP contribution in [0.15, 0.2) is 54.9 Å². The second-order valence-corrected chi connectivity index (χ2v) is 4.61. The number of benzene rings is 1. The Hall–Kier alpha value is -2.82. The van der Waals surface area contributed by atoms with Crippen LogP contribution in [0.1, 0.15) is 5.56 Å². The maximum atomic E-state index is 5.04. The molecule has 2 N–H and O–H groups in total. The van der Waals surface area contributed by atoms with Crippen molar-refractivity contribution in [2.45, 2.75) is 6.54 Å². The molecule has 3 aromatic rings. The van der Waals surface area contributed by atoms with Crippen molar-refractivity contribution in [2.24, 2.45) is 0 Å². The van der Waals surface area contributed by atoms with Gasteiger partial charge in [0.05, 0.1) is 12.8 Å². The van der Waals surface area contributed by atoms with Crippen LogP contribution in [0.4, 0.5) is 5.69 Å². The average Bonchev–Trinajstić information content (AvgIpc) is 3.08. The van der Waals surface area contributed by atoms with E-state index in [1.807, 2.05) is 36.5 Å². The average molecular weight is 280 g/mol. The number of pyridine rings is 1. The van der Waals surface area contributed by atoms with Crippen LogP contribution < -0.4 is 10.1 Å². The number of ether oxygens (including phenoxy) is 1. The van der Waals surface area contributed by atoms with E-state index < -0.39 is 0 Å². The summed E-state index contributed by atoms with van der Waals surface area (Å²) in [5, 5.41) is 10.3. The fourth-order valence-electron chi connectivity index (χ4n) is 2.02. The summed E-state index contributed by atoms with van der Waals surface area (Å²) >= 11 is 0. The highest BCUT2D eigenvalue weighted by Crippen LogP contribution is 2.19. The molecule has 0 aliphatic rings. The van der Waals surface area contributed by atoms with Crippen LogP contribution in [0.25, 0.3) is 11.3 Å². The van der Waals surface area contributed by atoms with Gasteiger partial charge in [-0.1, -0.05) is 18.2 Å². The minimum absolute atomic E-state index is 0.627. The SMILES string of the molecule is COc1ccc(CNc2ccc(-c3ccn[nH]3)cc2)cn1. The van der Waals surface area contributed by atoms with E-state index in [1.165, 1.54) is 0 Å². The van der Waals surface area contributed by atoms with Crippen LogP contribution in [-0.4, -0.2) is 22.3 Å². The van der Waals surface area contributed by atoms with E-state index in [1.54, 1.807) is 13.3 Å². The molecule has 0 saturated carbocycles. The number of nitrogens with zero attached hydrogens (tertiary/aromatic N) is 2. The molecule has 21 heavy (non-hydrogen) atoms. The highest BCUT2D eigenvalue weighted by atomic mass is 16.5. The van der Waals surface area contributed by atoms with Crippen LogP contribution in [0.5, 0.6) is 5.88 Å². The number of rotatable bonds is 5. The molecule has 2 heterocycles. The number of H-pyrrole nitrogens is 1. The second kappa shape index (κ2) is 6.09. The molecule has 0 atom stereocenters. The number of hydrogen-bond donors (Lipinski definition) is 2. The lowest BCUT2D eigenvalue weighted by atomic mass is 10.1. The van der Waals surface area contributed by atoms with Gasteiger partial charge in [0.25, 0.3) is 0 Å². The van der Waals surface area contributed by atoms with E-state index in [0.717, 1.165) is 29.1 Å². The number of hydrogen-bond acceptors (Lipinski definition) is 4. The molecule has 0 radical (unpaired) electrons. The van der Waals surface area contributed by atoms with Crippen molar-refractivity contribution in [3.63, 3.8) is 0 Å². The molecule has 0 aliphatic carbocycles. The topological polar surface area (TPSA) is 62.8 Å². The molecular formula is C16H16N4O. The number of anilines is 1. The summed E-state index contributed by atoms with van der Waals surface area (Å²) in [4.78, 5) is 4.18. The number of aromatic nitrogens is 3. The Morgan fingerprint density at radius 2 is 1.95 bits per heavy atom. The zero-order chi connectivity index (χ0) is 14.5. The minimum atomic E-state index is 0.627. The summed E-state index contributed by atoms with van der Waals surface area (Å²) in [6.45, 7) is 0.723. The van der Waals surface area contributed by atoms with Gasteiger partial charge in [0, 0.05) is 30.7 Å². The van der Waals surface area contributed by atoms with Crippen molar-refractivity contribution in [1.29, 1.82) is 0 Å². The first-order chi connectivity index (χ1) is 10.3. The summed E-state index contributed by atoms with van der Waals surface area (Å²) in [6.07, 6.45) is 3.56. The molecule has 0 saturated heterocycles. The van der Waals surface area contributed by atoms with Gasteiger partial charge in [0.2, 0.25) is 5.88 Å². The third kappa shape index (κ3) is 3.20. The quantitative estimate of drug-likeness (QED) is 0.754. The molecule has 2 aromatic heterocycles. The Morgan fingerprint density at radius 3 is 2.57 bits per heavy atom. The van der Waals surface area contributed by atoms with E-state index in [-0.39, 0.29) is 0 Å². The van der Waals surface area contributed by atoms with Gasteiger partial charge < -0.3 is 10.1 Å². The summed E-state index contributed by atoms with van der Waals surface area (Å²) in [6, 6.07) is 14.0. The smallest absolute Gasteiger partial charge is 0.212 e. The van der Waals surface area contributed by atoms with Crippen LogP contribution >= 0.6 is 0 Å². The molecule has 1 aromatic carbocycles. The first-order valence-electron chi connectivity index (χ1n) is 6.68. The molecule has 5 nitrogen and oxygen atoms in total. The summed E-state index contributed by atoms with van der Waals surface area (Å²) in [5.74, 6) is 0.627. The maximum absolute atomic E-state index is 5.04. The summed E-state index contributed by atoms with van der Waals surface area (Å²) < 4.78 is 5.04. The summed E-state index contributed by atoms with van der Waals surface area (Å²) in [7, 11) is 1.61. The molecule has 5 heteroatoms. The fraction of sp³-hybridized carbons (Fsp3) is 0.125. The normalized spacial score (nSPS) is 10.3. The van der Waals surface area contributed by atoms with Crippen LogP contribution in [0.3, 0.4) is 0 Å². The molecule has 0 spiro atoms. The van der Waals surface area contributed by atoms with E-state index in [9.17, 15) is 0 Å². The lowest BCUT2D eigenvalue weighted by Crippen LogP contribution is -2.00. The van der Waals surface area contributed by atoms with Crippen LogP contribution in [-0.2, 0) is 6.54 Å². The third-order valence-corrected chi connectivity index (χ3v) is 3.20. The molecule has 0 aliphatic heterocycles. The van der Waals surface area contributed by atoms with Crippen molar-refractivity contribution in [1.82, 2.24) is 15.2 Å². The van der Waals surface area contributed by atoms with Crippen molar-refractivity contribution in [3.05, 3.63) is 60.4 Å². The zero-order valence-corrected chi connectivity index (χ0v) is 11.7. The highest BCUT2D eigenvalue weighted by molar-refractivity contribution is 5.62. The monoisotopic (exact) mass is 280 g/mol. The van der Waals surface area contributed by atoms with Crippen LogP contribution in [0.2, 0.25) is 0 Å². The Morgan fingerprint density at radius 1 is 1.10 bits per heavy atom. The highest BCUT2D eigenvalue weighted by Gasteiger charge is 2.00. The number of methoxy groups -OCH3 is 1. The third-order valence-electron chi connectivity index (χ3n) is 3.20. The number of nitrogens with one attached hydrogen (secondary N) is 2. The standard InChI is InChI=1S/C16H16N4O/c1-21-16-7-2-12(11-18-16)10-17-14-5-3-13(4-6-14)15-8-9-19-20-15/h2-9,11,17H,10H2,1H3,(H,19,20). The van der Waals surface area contributed by atoms with Crippen molar-refractivity contribution >= 4 is 5.69 Å². The van der Waals surface area contributed by atoms with E-state index in [4.69, 9.17) is 4.74 Å². The largest absolute Gasteiger partial charge is 0.481 e. The molecule has 0 bridgehead atoms. The zero-order valence-electron chi connectivity index (χ0n) is 11.7. The molecule has 0 fully saturated rings. The van der Waals surface area contributed by atoms with Gasteiger partial charge in [-0.05, 0) is 29.3 Å². The predicted molar refractivity (Wildman–Crippen MR) is 82.1 cm³/mol. The van der Waals surface area contributed by atoms with Gasteiger partial charge in [-0.15, -0.1) is 0 Å². The summed E-state index contributed by atoms with van der Waals surface area (Å²) in [5.41, 5.74) is 4.30. The Balaban J connectivity index is 1.62. The Bertz CT molecular complexity index is 675. The maximum Gasteiger partial charge on any atom is 0.212 e. The van der Waals surface area contributed by atoms with E-state index >= 15 is 0 Å². The van der Waals surface area contributed by atoms with Crippen molar-refractivity contribution in [3.8, 4) is 17.1 Å². The van der Waals surface area contributed by atoms with E-state index in [2.05, 4.69) is 32.6 Å². The molecular weight excluding hydrogens is 264 g/mol. The van der Waals surface area contributed by atoms with Gasteiger partial charge >= 0.3 is 0 Å². The molecule has 106 valence electrons. The number of aromatic amines is 1. The first kappa shape index (κ1) is 13.2. The van der Waals surface area contributed by atoms with Gasteiger partial charge in [0.1, 0.15) is 0 Å².